The fraction of sp³-hybridized carbons (Fsp3) is 0. The number of thiophene rings is 3. The average molecular weight is 766 g/mol. The van der Waals surface area contributed by atoms with E-state index < -0.39 is 0 Å². The van der Waals surface area contributed by atoms with Crippen LogP contribution in [-0.2, 0) is 0 Å². The molecular weight excluding hydrogens is 735 g/mol. The number of anilines is 3. The number of hydrogen-bond acceptors (Lipinski definition) is 4. The Labute approximate surface area is 335 Å². The molecule has 56 heavy (non-hydrogen) atoms. The SMILES string of the molecule is c1ccc2sc(-c3ccc(-c4ccc(N(c5ccc6c(c5)sc5c7ccccc7ccc65)c5ccc6c(c5)sc5c7ccccc7ccc65)cc4)cc3)cc2c1. The van der Waals surface area contributed by atoms with Gasteiger partial charge in [-0.15, -0.1) is 34.0 Å². The van der Waals surface area contributed by atoms with Gasteiger partial charge >= 0.3 is 0 Å². The van der Waals surface area contributed by atoms with E-state index in [1.807, 2.05) is 34.0 Å². The lowest BCUT2D eigenvalue weighted by Gasteiger charge is -2.26. The molecular formula is C52H31NS3. The molecule has 3 aromatic heterocycles. The van der Waals surface area contributed by atoms with Gasteiger partial charge in [0, 0.05) is 67.0 Å². The lowest BCUT2D eigenvalue weighted by atomic mass is 10.0. The molecule has 12 aromatic rings. The van der Waals surface area contributed by atoms with E-state index in [0.29, 0.717) is 0 Å². The molecule has 0 radical (unpaired) electrons. The van der Waals surface area contributed by atoms with Gasteiger partial charge in [0.05, 0.1) is 0 Å². The predicted molar refractivity (Wildman–Crippen MR) is 248 cm³/mol. The van der Waals surface area contributed by atoms with Crippen LogP contribution in [0.15, 0.2) is 188 Å². The Kier molecular flexibility index (Phi) is 7.21. The molecule has 0 fully saturated rings. The minimum Gasteiger partial charge on any atom is -0.310 e. The van der Waals surface area contributed by atoms with Crippen molar-refractivity contribution in [2.45, 2.75) is 0 Å². The van der Waals surface area contributed by atoms with E-state index in [9.17, 15) is 0 Å². The van der Waals surface area contributed by atoms with Crippen LogP contribution in [0.1, 0.15) is 0 Å². The quantitative estimate of drug-likeness (QED) is 0.169. The van der Waals surface area contributed by atoms with Crippen molar-refractivity contribution in [2.75, 3.05) is 4.90 Å². The lowest BCUT2D eigenvalue weighted by molar-refractivity contribution is 1.30. The number of rotatable bonds is 5. The van der Waals surface area contributed by atoms with Gasteiger partial charge in [0.15, 0.2) is 0 Å². The van der Waals surface area contributed by atoms with Crippen LogP contribution in [-0.4, -0.2) is 0 Å². The summed E-state index contributed by atoms with van der Waals surface area (Å²) in [6.45, 7) is 0. The van der Waals surface area contributed by atoms with Crippen molar-refractivity contribution in [3.63, 3.8) is 0 Å². The topological polar surface area (TPSA) is 3.24 Å². The van der Waals surface area contributed by atoms with Crippen molar-refractivity contribution in [2.24, 2.45) is 0 Å². The van der Waals surface area contributed by atoms with Crippen molar-refractivity contribution in [1.82, 2.24) is 0 Å². The van der Waals surface area contributed by atoms with Gasteiger partial charge in [-0.1, -0.05) is 140 Å². The maximum Gasteiger partial charge on any atom is 0.0476 e. The van der Waals surface area contributed by atoms with Gasteiger partial charge in [0.25, 0.3) is 0 Å². The number of nitrogens with zero attached hydrogens (tertiary/aromatic N) is 1. The largest absolute Gasteiger partial charge is 0.310 e. The summed E-state index contributed by atoms with van der Waals surface area (Å²) in [6.07, 6.45) is 0. The standard InChI is InChI=1S/C52H31NS3/c1-4-10-41-34(7-1)19-25-45-43-27-23-39(30-49(43)55-51(41)45)53(40-24-28-44-46-26-20-35-8-2-5-11-42(35)52(46)56-50(44)31-40)38-21-17-33(18-22-38)32-13-15-36(16-14-32)48-29-37-9-3-6-12-47(37)54-48/h1-31H. The molecule has 1 nitrogen and oxygen atoms in total. The fourth-order valence-electron chi connectivity index (χ4n) is 8.47. The molecule has 0 atom stereocenters. The Bertz CT molecular complexity index is 3290. The van der Waals surface area contributed by atoms with Crippen LogP contribution in [0, 0.1) is 0 Å². The third-order valence-corrected chi connectivity index (χ3v) is 14.8. The average Bonchev–Trinajstić information content (AvgIpc) is 3.97. The second-order valence-electron chi connectivity index (χ2n) is 14.5. The molecule has 0 amide bonds. The molecule has 9 aromatic carbocycles. The van der Waals surface area contributed by atoms with E-state index in [1.165, 1.54) is 93.5 Å². The maximum atomic E-state index is 2.43. The first-order chi connectivity index (χ1) is 27.7. The van der Waals surface area contributed by atoms with Crippen molar-refractivity contribution in [3.05, 3.63) is 188 Å². The smallest absolute Gasteiger partial charge is 0.0476 e. The van der Waals surface area contributed by atoms with E-state index in [4.69, 9.17) is 0 Å². The number of hydrogen-bond donors (Lipinski definition) is 0. The van der Waals surface area contributed by atoms with E-state index in [0.717, 1.165) is 17.1 Å². The predicted octanol–water partition coefficient (Wildman–Crippen LogP) is 16.7. The Hall–Kier alpha value is -6.30. The van der Waals surface area contributed by atoms with Crippen molar-refractivity contribution < 1.29 is 0 Å². The van der Waals surface area contributed by atoms with Gasteiger partial charge < -0.3 is 4.90 Å². The molecule has 0 aliphatic carbocycles. The summed E-state index contributed by atoms with van der Waals surface area (Å²) < 4.78 is 6.62. The van der Waals surface area contributed by atoms with Gasteiger partial charge in [-0.3, -0.25) is 0 Å². The molecule has 0 saturated heterocycles. The van der Waals surface area contributed by atoms with Crippen LogP contribution < -0.4 is 4.90 Å². The molecule has 12 rings (SSSR count). The molecule has 0 bridgehead atoms. The zero-order valence-electron chi connectivity index (χ0n) is 30.1. The summed E-state index contributed by atoms with van der Waals surface area (Å²) in [6, 6.07) is 69.6. The monoisotopic (exact) mass is 765 g/mol. The molecule has 0 spiro atoms. The van der Waals surface area contributed by atoms with E-state index in [1.54, 1.807) is 0 Å². The summed E-state index contributed by atoms with van der Waals surface area (Å²) in [4.78, 5) is 3.73. The number of benzene rings is 9. The minimum absolute atomic E-state index is 1.13. The van der Waals surface area contributed by atoms with E-state index >= 15 is 0 Å². The van der Waals surface area contributed by atoms with Crippen LogP contribution in [0.25, 0.3) is 93.5 Å². The molecule has 0 aliphatic rings. The number of fused-ring (bicyclic) bond motifs is 11. The zero-order chi connectivity index (χ0) is 36.7. The molecule has 0 unspecified atom stereocenters. The Morgan fingerprint density at radius 1 is 0.286 bits per heavy atom. The van der Waals surface area contributed by atoms with Gasteiger partial charge in [0.2, 0.25) is 0 Å². The summed E-state index contributed by atoms with van der Waals surface area (Å²) in [5, 5.41) is 11.8. The van der Waals surface area contributed by atoms with Crippen LogP contribution in [0.2, 0.25) is 0 Å². The molecule has 0 saturated carbocycles. The first kappa shape index (κ1) is 32.0. The van der Waals surface area contributed by atoms with Crippen molar-refractivity contribution in [1.29, 1.82) is 0 Å². The fourth-order valence-corrected chi connectivity index (χ4v) is 12.1. The van der Waals surface area contributed by atoms with Crippen molar-refractivity contribution in [3.8, 4) is 21.6 Å². The second kappa shape index (κ2) is 12.6. The van der Waals surface area contributed by atoms with Crippen molar-refractivity contribution >= 4 is 123 Å². The Morgan fingerprint density at radius 3 is 1.32 bits per heavy atom. The Morgan fingerprint density at radius 2 is 0.750 bits per heavy atom. The lowest BCUT2D eigenvalue weighted by Crippen LogP contribution is -2.09. The van der Waals surface area contributed by atoms with Gasteiger partial charge in [0.1, 0.15) is 0 Å². The zero-order valence-corrected chi connectivity index (χ0v) is 32.5. The summed E-state index contributed by atoms with van der Waals surface area (Å²) in [7, 11) is 0. The van der Waals surface area contributed by atoms with Crippen LogP contribution in [0.5, 0.6) is 0 Å². The van der Waals surface area contributed by atoms with Gasteiger partial charge in [-0.05, 0) is 92.2 Å². The summed E-state index contributed by atoms with van der Waals surface area (Å²) in [5.41, 5.74) is 7.11. The minimum atomic E-state index is 1.13. The van der Waals surface area contributed by atoms with E-state index in [-0.39, 0.29) is 0 Å². The van der Waals surface area contributed by atoms with Crippen LogP contribution in [0.3, 0.4) is 0 Å². The highest BCUT2D eigenvalue weighted by Gasteiger charge is 2.18. The third kappa shape index (κ3) is 5.11. The third-order valence-electron chi connectivity index (χ3n) is 11.3. The first-order valence-corrected chi connectivity index (χ1v) is 21.3. The first-order valence-electron chi connectivity index (χ1n) is 18.9. The van der Waals surface area contributed by atoms with Gasteiger partial charge in [-0.25, -0.2) is 0 Å². The highest BCUT2D eigenvalue weighted by molar-refractivity contribution is 7.27. The normalized spacial score (nSPS) is 11.9. The highest BCUT2D eigenvalue weighted by atomic mass is 32.1. The highest BCUT2D eigenvalue weighted by Crippen LogP contribution is 2.46. The summed E-state index contributed by atoms with van der Waals surface area (Å²) in [5.74, 6) is 0. The molecule has 0 N–H and O–H groups in total. The molecule has 0 aliphatic heterocycles. The van der Waals surface area contributed by atoms with Crippen LogP contribution >= 0.6 is 34.0 Å². The second-order valence-corrected chi connectivity index (χ2v) is 17.7. The molecule has 4 heteroatoms. The Balaban J connectivity index is 0.974. The molecule has 3 heterocycles. The van der Waals surface area contributed by atoms with Gasteiger partial charge in [-0.2, -0.15) is 0 Å². The maximum absolute atomic E-state index is 2.43. The summed E-state index contributed by atoms with van der Waals surface area (Å²) >= 11 is 5.64. The van der Waals surface area contributed by atoms with Crippen LogP contribution in [0.4, 0.5) is 17.1 Å². The van der Waals surface area contributed by atoms with E-state index in [2.05, 4.69) is 193 Å². The molecule has 262 valence electrons.